The van der Waals surface area contributed by atoms with Crippen LogP contribution in [0.4, 0.5) is 0 Å². The molecule has 0 spiro atoms. The van der Waals surface area contributed by atoms with E-state index in [0.717, 1.165) is 0 Å². The zero-order chi connectivity index (χ0) is 7.72. The van der Waals surface area contributed by atoms with Gasteiger partial charge >= 0.3 is 0 Å². The average molecular weight is 140 g/mol. The van der Waals surface area contributed by atoms with Crippen molar-refractivity contribution in [3.63, 3.8) is 0 Å². The highest BCUT2D eigenvalue weighted by Gasteiger charge is 2.20. The van der Waals surface area contributed by atoms with Crippen LogP contribution in [0.2, 0.25) is 0 Å². The summed E-state index contributed by atoms with van der Waals surface area (Å²) in [4.78, 5) is 22.6. The van der Waals surface area contributed by atoms with E-state index in [1.807, 2.05) is 0 Å². The third-order valence-electron chi connectivity index (χ3n) is 1.40. The van der Waals surface area contributed by atoms with Crippen molar-refractivity contribution in [2.75, 3.05) is 13.6 Å². The molecule has 0 fully saturated rings. The largest absolute Gasteiger partial charge is 0.366 e. The minimum atomic E-state index is -0.516. The molecule has 1 aliphatic heterocycles. The van der Waals surface area contributed by atoms with E-state index in [1.54, 1.807) is 7.05 Å². The summed E-state index contributed by atoms with van der Waals surface area (Å²) in [6.45, 7) is 0.341. The second-order valence-electron chi connectivity index (χ2n) is 2.23. The smallest absolute Gasteiger partial charge is 0.247 e. The Labute approximate surface area is 58.3 Å². The maximum absolute atomic E-state index is 10.7. The van der Waals surface area contributed by atoms with Gasteiger partial charge in [-0.1, -0.05) is 0 Å². The van der Waals surface area contributed by atoms with Gasteiger partial charge < -0.3 is 10.6 Å². The number of hydrogen-bond donors (Lipinski definition) is 1. The van der Waals surface area contributed by atoms with Crippen molar-refractivity contribution in [2.24, 2.45) is 5.73 Å². The Balaban J connectivity index is 2.77. The molecular formula is C6H8N2O2. The predicted octanol–water partition coefficient (Wildman–Crippen LogP) is -1.13. The number of amides is 2. The van der Waals surface area contributed by atoms with Crippen LogP contribution in [-0.4, -0.2) is 30.3 Å². The lowest BCUT2D eigenvalue weighted by atomic mass is 10.3. The van der Waals surface area contributed by atoms with Gasteiger partial charge in [-0.25, -0.2) is 0 Å². The molecular weight excluding hydrogens is 132 g/mol. The topological polar surface area (TPSA) is 63.4 Å². The molecule has 1 aliphatic rings. The summed E-state index contributed by atoms with van der Waals surface area (Å²) in [5, 5.41) is 0. The number of nitrogens with two attached hydrogens (primary N) is 1. The second kappa shape index (κ2) is 2.13. The number of nitrogens with zero attached hydrogens (tertiary/aromatic N) is 1. The van der Waals surface area contributed by atoms with Gasteiger partial charge in [-0.3, -0.25) is 9.59 Å². The summed E-state index contributed by atoms with van der Waals surface area (Å²) in [7, 11) is 1.62. The Morgan fingerprint density at radius 1 is 1.80 bits per heavy atom. The number of primary amides is 1. The van der Waals surface area contributed by atoms with Crippen molar-refractivity contribution in [3.8, 4) is 0 Å². The monoisotopic (exact) mass is 140 g/mol. The van der Waals surface area contributed by atoms with Crippen LogP contribution in [0.3, 0.4) is 0 Å². The van der Waals surface area contributed by atoms with Crippen molar-refractivity contribution in [1.82, 2.24) is 4.90 Å². The molecule has 0 saturated carbocycles. The van der Waals surface area contributed by atoms with E-state index in [4.69, 9.17) is 5.73 Å². The SMILES string of the molecule is CN1CC(C(N)=O)=CC1=O. The maximum Gasteiger partial charge on any atom is 0.247 e. The molecule has 0 aliphatic carbocycles. The summed E-state index contributed by atoms with van der Waals surface area (Å²) < 4.78 is 0. The third-order valence-corrected chi connectivity index (χ3v) is 1.40. The first-order valence-corrected chi connectivity index (χ1v) is 2.86. The van der Waals surface area contributed by atoms with E-state index in [-0.39, 0.29) is 5.91 Å². The normalized spacial score (nSPS) is 17.5. The zero-order valence-electron chi connectivity index (χ0n) is 5.63. The van der Waals surface area contributed by atoms with Gasteiger partial charge in [0.15, 0.2) is 0 Å². The fraction of sp³-hybridized carbons (Fsp3) is 0.333. The summed E-state index contributed by atoms with van der Waals surface area (Å²) in [5.41, 5.74) is 5.32. The highest BCUT2D eigenvalue weighted by Crippen LogP contribution is 2.06. The van der Waals surface area contributed by atoms with E-state index in [0.29, 0.717) is 12.1 Å². The van der Waals surface area contributed by atoms with Crippen molar-refractivity contribution in [1.29, 1.82) is 0 Å². The average Bonchev–Trinajstić information content (AvgIpc) is 2.13. The molecule has 0 radical (unpaired) electrons. The lowest BCUT2D eigenvalue weighted by Crippen LogP contribution is -2.23. The van der Waals surface area contributed by atoms with Crippen LogP contribution in [0.5, 0.6) is 0 Å². The molecule has 0 saturated heterocycles. The molecule has 2 N–H and O–H groups in total. The first-order valence-electron chi connectivity index (χ1n) is 2.86. The van der Waals surface area contributed by atoms with Crippen LogP contribution in [0.1, 0.15) is 0 Å². The Bertz CT molecular complexity index is 220. The summed E-state index contributed by atoms with van der Waals surface area (Å²) in [6.07, 6.45) is 1.27. The third kappa shape index (κ3) is 1.00. The van der Waals surface area contributed by atoms with Crippen molar-refractivity contribution in [3.05, 3.63) is 11.6 Å². The van der Waals surface area contributed by atoms with Gasteiger partial charge in [0.25, 0.3) is 0 Å². The van der Waals surface area contributed by atoms with Crippen molar-refractivity contribution in [2.45, 2.75) is 0 Å². The summed E-state index contributed by atoms with van der Waals surface area (Å²) in [5.74, 6) is -0.675. The molecule has 4 nitrogen and oxygen atoms in total. The first kappa shape index (κ1) is 6.80. The van der Waals surface area contributed by atoms with E-state index in [1.165, 1.54) is 11.0 Å². The van der Waals surface area contributed by atoms with Gasteiger partial charge in [0, 0.05) is 18.7 Å². The first-order chi connectivity index (χ1) is 4.61. The molecule has 1 rings (SSSR count). The van der Waals surface area contributed by atoms with E-state index < -0.39 is 5.91 Å². The number of carbonyl (C=O) groups excluding carboxylic acids is 2. The number of rotatable bonds is 1. The molecule has 54 valence electrons. The number of carbonyl (C=O) groups is 2. The van der Waals surface area contributed by atoms with Gasteiger partial charge in [-0.2, -0.15) is 0 Å². The molecule has 1 heterocycles. The van der Waals surface area contributed by atoms with E-state index >= 15 is 0 Å². The predicted molar refractivity (Wildman–Crippen MR) is 34.9 cm³/mol. The molecule has 10 heavy (non-hydrogen) atoms. The van der Waals surface area contributed by atoms with Crippen LogP contribution >= 0.6 is 0 Å². The second-order valence-corrected chi connectivity index (χ2v) is 2.23. The summed E-state index contributed by atoms with van der Waals surface area (Å²) >= 11 is 0. The molecule has 0 unspecified atom stereocenters. The van der Waals surface area contributed by atoms with Gasteiger partial charge in [-0.15, -0.1) is 0 Å². The highest BCUT2D eigenvalue weighted by molar-refractivity contribution is 6.03. The van der Waals surface area contributed by atoms with Gasteiger partial charge in [0.1, 0.15) is 0 Å². The fourth-order valence-corrected chi connectivity index (χ4v) is 0.787. The number of hydrogen-bond acceptors (Lipinski definition) is 2. The Hall–Kier alpha value is -1.32. The highest BCUT2D eigenvalue weighted by atomic mass is 16.2. The number of likely N-dealkylation sites (N-methyl/N-ethyl adjacent to an activating group) is 1. The van der Waals surface area contributed by atoms with Crippen LogP contribution < -0.4 is 5.73 Å². The lowest BCUT2D eigenvalue weighted by Gasteiger charge is -2.05. The van der Waals surface area contributed by atoms with Crippen molar-refractivity contribution >= 4 is 11.8 Å². The molecule has 0 atom stereocenters. The van der Waals surface area contributed by atoms with Gasteiger partial charge in [0.2, 0.25) is 11.8 Å². The lowest BCUT2D eigenvalue weighted by molar-refractivity contribution is -0.123. The molecule has 4 heteroatoms. The standard InChI is InChI=1S/C6H8N2O2/c1-8-3-4(6(7)10)2-5(8)9/h2H,3H2,1H3,(H2,7,10). The summed E-state index contributed by atoms with van der Waals surface area (Å²) in [6, 6.07) is 0. The zero-order valence-corrected chi connectivity index (χ0v) is 5.63. The molecule has 2 amide bonds. The van der Waals surface area contributed by atoms with Crippen LogP contribution in [0.25, 0.3) is 0 Å². The van der Waals surface area contributed by atoms with E-state index in [2.05, 4.69) is 0 Å². The molecule has 0 aromatic heterocycles. The maximum atomic E-state index is 10.7. The molecule has 0 bridgehead atoms. The fourth-order valence-electron chi connectivity index (χ4n) is 0.787. The Kier molecular flexibility index (Phi) is 1.45. The Morgan fingerprint density at radius 2 is 2.40 bits per heavy atom. The van der Waals surface area contributed by atoms with Crippen LogP contribution in [0.15, 0.2) is 11.6 Å². The molecule has 0 aromatic rings. The van der Waals surface area contributed by atoms with Gasteiger partial charge in [-0.05, 0) is 0 Å². The molecule has 0 aromatic carbocycles. The quantitative estimate of drug-likeness (QED) is 0.501. The minimum absolute atomic E-state index is 0.159. The van der Waals surface area contributed by atoms with E-state index in [9.17, 15) is 9.59 Å². The van der Waals surface area contributed by atoms with Crippen LogP contribution in [0, 0.1) is 0 Å². The minimum Gasteiger partial charge on any atom is -0.366 e. The van der Waals surface area contributed by atoms with Gasteiger partial charge in [0.05, 0.1) is 6.54 Å². The van der Waals surface area contributed by atoms with Crippen molar-refractivity contribution < 1.29 is 9.59 Å². The Morgan fingerprint density at radius 3 is 2.60 bits per heavy atom. The van der Waals surface area contributed by atoms with Crippen LogP contribution in [-0.2, 0) is 9.59 Å².